The molecule has 0 fully saturated rings. The van der Waals surface area contributed by atoms with Gasteiger partial charge in [-0.15, -0.1) is 0 Å². The molecule has 2 rings (SSSR count). The van der Waals surface area contributed by atoms with Crippen molar-refractivity contribution < 1.29 is 8.42 Å². The van der Waals surface area contributed by atoms with Crippen molar-refractivity contribution in [3.8, 4) is 0 Å². The van der Waals surface area contributed by atoms with Crippen LogP contribution in [0.15, 0.2) is 53.4 Å². The summed E-state index contributed by atoms with van der Waals surface area (Å²) in [5.41, 5.74) is 15.3. The van der Waals surface area contributed by atoms with E-state index >= 15 is 0 Å². The molecule has 4 N–H and O–H groups in total. The molecule has 2 atom stereocenters. The molecule has 0 spiro atoms. The second kappa shape index (κ2) is 5.97. The van der Waals surface area contributed by atoms with E-state index in [0.29, 0.717) is 0 Å². The van der Waals surface area contributed by atoms with Crippen molar-refractivity contribution in [1.82, 2.24) is 0 Å². The lowest BCUT2D eigenvalue weighted by molar-refractivity contribution is 0.573. The van der Waals surface area contributed by atoms with Crippen LogP contribution in [0.3, 0.4) is 0 Å². The smallest absolute Gasteiger partial charge is 0.175 e. The van der Waals surface area contributed by atoms with Crippen molar-refractivity contribution in [1.29, 1.82) is 0 Å². The summed E-state index contributed by atoms with van der Waals surface area (Å²) >= 11 is 0. The molecule has 0 aromatic heterocycles. The molecular weight excluding hydrogens is 284 g/mol. The Labute approximate surface area is 125 Å². The second-order valence-corrected chi connectivity index (χ2v) is 7.32. The van der Waals surface area contributed by atoms with Gasteiger partial charge in [-0.3, -0.25) is 0 Å². The molecule has 0 bridgehead atoms. The van der Waals surface area contributed by atoms with Crippen LogP contribution in [0.1, 0.15) is 28.8 Å². The van der Waals surface area contributed by atoms with Gasteiger partial charge in [0.05, 0.1) is 4.90 Å². The Morgan fingerprint density at radius 3 is 2.00 bits per heavy atom. The molecule has 0 amide bonds. The summed E-state index contributed by atoms with van der Waals surface area (Å²) in [6.07, 6.45) is 1.18. The SMILES string of the molecule is Cc1cccc(C(N)C(N)c2ccc(S(C)(=O)=O)cc2)c1. The van der Waals surface area contributed by atoms with Crippen molar-refractivity contribution in [2.45, 2.75) is 23.9 Å². The zero-order valence-corrected chi connectivity index (χ0v) is 13.0. The van der Waals surface area contributed by atoms with Gasteiger partial charge in [-0.1, -0.05) is 42.0 Å². The van der Waals surface area contributed by atoms with Crippen LogP contribution < -0.4 is 11.5 Å². The molecule has 112 valence electrons. The van der Waals surface area contributed by atoms with Crippen LogP contribution in [-0.4, -0.2) is 14.7 Å². The lowest BCUT2D eigenvalue weighted by atomic mass is 9.94. The summed E-state index contributed by atoms with van der Waals surface area (Å²) in [5, 5.41) is 0. The highest BCUT2D eigenvalue weighted by Gasteiger charge is 2.18. The maximum atomic E-state index is 11.5. The first-order valence-corrected chi connectivity index (χ1v) is 8.56. The normalized spacial score (nSPS) is 14.7. The quantitative estimate of drug-likeness (QED) is 0.905. The molecule has 0 aliphatic rings. The molecule has 21 heavy (non-hydrogen) atoms. The van der Waals surface area contributed by atoms with E-state index in [1.165, 1.54) is 6.26 Å². The van der Waals surface area contributed by atoms with E-state index in [-0.39, 0.29) is 17.0 Å². The van der Waals surface area contributed by atoms with Gasteiger partial charge in [0.25, 0.3) is 0 Å². The second-order valence-electron chi connectivity index (χ2n) is 5.31. The van der Waals surface area contributed by atoms with E-state index in [0.717, 1.165) is 16.7 Å². The number of hydrogen-bond donors (Lipinski definition) is 2. The molecule has 5 heteroatoms. The number of rotatable bonds is 4. The van der Waals surface area contributed by atoms with Crippen LogP contribution in [0.25, 0.3) is 0 Å². The molecule has 2 aromatic rings. The summed E-state index contributed by atoms with van der Waals surface area (Å²) in [6.45, 7) is 2.00. The molecule has 4 nitrogen and oxygen atoms in total. The van der Waals surface area contributed by atoms with Crippen molar-refractivity contribution in [3.63, 3.8) is 0 Å². The molecular formula is C16H20N2O2S. The lowest BCUT2D eigenvalue weighted by Gasteiger charge is -2.21. The van der Waals surface area contributed by atoms with Crippen LogP contribution >= 0.6 is 0 Å². The van der Waals surface area contributed by atoms with E-state index in [9.17, 15) is 8.42 Å². The maximum absolute atomic E-state index is 11.5. The maximum Gasteiger partial charge on any atom is 0.175 e. The third-order valence-electron chi connectivity index (χ3n) is 3.51. The molecule has 0 saturated carbocycles. The van der Waals surface area contributed by atoms with Crippen molar-refractivity contribution in [3.05, 3.63) is 65.2 Å². The van der Waals surface area contributed by atoms with Crippen molar-refractivity contribution in [2.24, 2.45) is 11.5 Å². The summed E-state index contributed by atoms with van der Waals surface area (Å²) in [4.78, 5) is 0.280. The van der Waals surface area contributed by atoms with E-state index in [1.807, 2.05) is 31.2 Å². The Morgan fingerprint density at radius 2 is 1.48 bits per heavy atom. The van der Waals surface area contributed by atoms with Gasteiger partial charge in [0.2, 0.25) is 0 Å². The number of sulfone groups is 1. The minimum absolute atomic E-state index is 0.280. The molecule has 0 saturated heterocycles. The van der Waals surface area contributed by atoms with E-state index in [2.05, 4.69) is 0 Å². The van der Waals surface area contributed by atoms with Gasteiger partial charge in [0, 0.05) is 18.3 Å². The topological polar surface area (TPSA) is 86.2 Å². The number of aryl methyl sites for hydroxylation is 1. The van der Waals surface area contributed by atoms with Gasteiger partial charge in [0.1, 0.15) is 0 Å². The third-order valence-corrected chi connectivity index (χ3v) is 4.64. The Bertz CT molecular complexity index is 724. The van der Waals surface area contributed by atoms with Gasteiger partial charge in [-0.25, -0.2) is 8.42 Å². The Morgan fingerprint density at radius 1 is 0.905 bits per heavy atom. The highest BCUT2D eigenvalue weighted by Crippen LogP contribution is 2.26. The Hall–Kier alpha value is -1.69. The van der Waals surface area contributed by atoms with Gasteiger partial charge in [-0.05, 0) is 30.2 Å². The van der Waals surface area contributed by atoms with Crippen LogP contribution in [-0.2, 0) is 9.84 Å². The fraction of sp³-hybridized carbons (Fsp3) is 0.250. The summed E-state index contributed by atoms with van der Waals surface area (Å²) < 4.78 is 22.9. The summed E-state index contributed by atoms with van der Waals surface area (Å²) in [7, 11) is -3.20. The molecule has 0 aliphatic heterocycles. The summed E-state index contributed by atoms with van der Waals surface area (Å²) in [6, 6.07) is 13.7. The molecule has 0 radical (unpaired) electrons. The average Bonchev–Trinajstić information content (AvgIpc) is 2.45. The van der Waals surface area contributed by atoms with E-state index < -0.39 is 9.84 Å². The number of nitrogens with two attached hydrogens (primary N) is 2. The van der Waals surface area contributed by atoms with Gasteiger partial charge >= 0.3 is 0 Å². The van der Waals surface area contributed by atoms with E-state index in [4.69, 9.17) is 11.5 Å². The monoisotopic (exact) mass is 304 g/mol. The molecule has 2 unspecified atom stereocenters. The highest BCUT2D eigenvalue weighted by atomic mass is 32.2. The Kier molecular flexibility index (Phi) is 4.46. The molecule has 0 heterocycles. The van der Waals surface area contributed by atoms with E-state index in [1.54, 1.807) is 24.3 Å². The fourth-order valence-electron chi connectivity index (χ4n) is 2.23. The molecule has 2 aromatic carbocycles. The van der Waals surface area contributed by atoms with Crippen LogP contribution in [0.5, 0.6) is 0 Å². The van der Waals surface area contributed by atoms with Gasteiger partial charge < -0.3 is 11.5 Å². The zero-order valence-electron chi connectivity index (χ0n) is 12.2. The first kappa shape index (κ1) is 15.7. The van der Waals surface area contributed by atoms with Gasteiger partial charge in [-0.2, -0.15) is 0 Å². The third kappa shape index (κ3) is 3.69. The zero-order chi connectivity index (χ0) is 15.6. The predicted molar refractivity (Wildman–Crippen MR) is 84.6 cm³/mol. The number of benzene rings is 2. The van der Waals surface area contributed by atoms with Gasteiger partial charge in [0.15, 0.2) is 9.84 Å². The molecule has 0 aliphatic carbocycles. The van der Waals surface area contributed by atoms with Crippen molar-refractivity contribution >= 4 is 9.84 Å². The minimum atomic E-state index is -3.20. The Balaban J connectivity index is 2.25. The van der Waals surface area contributed by atoms with Crippen molar-refractivity contribution in [2.75, 3.05) is 6.26 Å². The standard InChI is InChI=1S/C16H20N2O2S/c1-11-4-3-5-13(10-11)16(18)15(17)12-6-8-14(9-7-12)21(2,19)20/h3-10,15-16H,17-18H2,1-2H3. The average molecular weight is 304 g/mol. The lowest BCUT2D eigenvalue weighted by Crippen LogP contribution is -2.26. The van der Waals surface area contributed by atoms with Crippen LogP contribution in [0.2, 0.25) is 0 Å². The number of hydrogen-bond acceptors (Lipinski definition) is 4. The predicted octanol–water partition coefficient (Wildman–Crippen LogP) is 2.10. The van der Waals surface area contributed by atoms with Crippen LogP contribution in [0.4, 0.5) is 0 Å². The first-order valence-electron chi connectivity index (χ1n) is 6.67. The largest absolute Gasteiger partial charge is 0.322 e. The first-order chi connectivity index (χ1) is 9.79. The highest BCUT2D eigenvalue weighted by molar-refractivity contribution is 7.90. The van der Waals surface area contributed by atoms with Crippen LogP contribution in [0, 0.1) is 6.92 Å². The summed E-state index contributed by atoms with van der Waals surface area (Å²) in [5.74, 6) is 0. The minimum Gasteiger partial charge on any atom is -0.322 e. The fourth-order valence-corrected chi connectivity index (χ4v) is 2.86.